The monoisotopic (exact) mass is 743 g/mol. The van der Waals surface area contributed by atoms with Crippen molar-refractivity contribution in [2.24, 2.45) is 5.92 Å². The molecule has 2 heterocycles. The predicted octanol–water partition coefficient (Wildman–Crippen LogP) is 6.11. The Morgan fingerprint density at radius 1 is 1.08 bits per heavy atom. The van der Waals surface area contributed by atoms with E-state index < -0.39 is 34.7 Å². The second-order valence-electron chi connectivity index (χ2n) is 11.5. The van der Waals surface area contributed by atoms with E-state index in [4.69, 9.17) is 32.7 Å². The highest BCUT2D eigenvalue weighted by Gasteiger charge is 2.40. The molecule has 1 aliphatic carbocycles. The number of hydrogen-bond acceptors (Lipinski definition) is 9. The number of rotatable bonds is 13. The Bertz CT molecular complexity index is 1740. The fraction of sp³-hybridized carbons (Fsp3) is 0.406. The van der Waals surface area contributed by atoms with E-state index >= 15 is 0 Å². The summed E-state index contributed by atoms with van der Waals surface area (Å²) in [4.78, 5) is 31.7. The van der Waals surface area contributed by atoms with Crippen LogP contribution in [-0.4, -0.2) is 85.9 Å². The van der Waals surface area contributed by atoms with Gasteiger partial charge in [0.15, 0.2) is 11.5 Å². The largest absolute Gasteiger partial charge is 0.489 e. The molecule has 258 valence electrons. The molecule has 16 heteroatoms. The number of ether oxygens (including phenoxy) is 3. The molecule has 48 heavy (non-hydrogen) atoms. The molecule has 2 aromatic carbocycles. The van der Waals surface area contributed by atoms with Gasteiger partial charge >= 0.3 is 12.6 Å². The molecule has 5 rings (SSSR count). The number of sulfonamides is 1. The molecule has 10 nitrogen and oxygen atoms in total. The molecular weight excluding hydrogens is 711 g/mol. The number of alkyl halides is 2. The molecule has 2 atom stereocenters. The molecule has 0 N–H and O–H groups in total. The van der Waals surface area contributed by atoms with Gasteiger partial charge in [-0.1, -0.05) is 35.3 Å². The minimum absolute atomic E-state index is 0.0180. The summed E-state index contributed by atoms with van der Waals surface area (Å²) in [5, 5.41) is 0.409. The van der Waals surface area contributed by atoms with E-state index in [1.165, 1.54) is 71.5 Å². The average Bonchev–Trinajstić information content (AvgIpc) is 3.89. The van der Waals surface area contributed by atoms with E-state index in [0.29, 0.717) is 29.4 Å². The van der Waals surface area contributed by atoms with Crippen LogP contribution in [0.5, 0.6) is 11.5 Å². The molecule has 2 fully saturated rings. The summed E-state index contributed by atoms with van der Waals surface area (Å²) in [5.74, 6) is -0.528. The number of benzene rings is 2. The topological polar surface area (TPSA) is 115 Å². The van der Waals surface area contributed by atoms with Crippen molar-refractivity contribution in [1.29, 1.82) is 0 Å². The summed E-state index contributed by atoms with van der Waals surface area (Å²) < 4.78 is 72.0. The van der Waals surface area contributed by atoms with Crippen LogP contribution in [0.4, 0.5) is 8.78 Å². The van der Waals surface area contributed by atoms with Gasteiger partial charge in [0, 0.05) is 56.5 Å². The predicted molar refractivity (Wildman–Crippen MR) is 178 cm³/mol. The number of aromatic nitrogens is 1. The highest BCUT2D eigenvalue weighted by atomic mass is 35.5. The van der Waals surface area contributed by atoms with Gasteiger partial charge in [-0.05, 0) is 60.2 Å². The summed E-state index contributed by atoms with van der Waals surface area (Å²) in [6, 6.07) is 8.63. The van der Waals surface area contributed by atoms with Crippen molar-refractivity contribution in [1.82, 2.24) is 14.2 Å². The highest BCUT2D eigenvalue weighted by molar-refractivity contribution is 7.99. The molecule has 0 spiro atoms. The van der Waals surface area contributed by atoms with Gasteiger partial charge in [0.2, 0.25) is 10.0 Å². The van der Waals surface area contributed by atoms with Gasteiger partial charge in [0.05, 0.1) is 21.5 Å². The fourth-order valence-corrected chi connectivity index (χ4v) is 8.42. The first-order valence-corrected chi connectivity index (χ1v) is 18.3. The number of nitrogens with zero attached hydrogens (tertiary/aromatic N) is 3. The van der Waals surface area contributed by atoms with Crippen molar-refractivity contribution < 1.29 is 41.0 Å². The van der Waals surface area contributed by atoms with Crippen LogP contribution >= 0.6 is 35.0 Å². The SMILES string of the molecule is CN(C)C(=O)c1cccc(S(=O)(=O)N2CCSCC2C(=O)O[C@@H](Cc2c(Cl)cncc2Cl)c2ccc(OC(F)F)c(OCC3CC3)c2)c1. The van der Waals surface area contributed by atoms with Gasteiger partial charge in [-0.3, -0.25) is 14.6 Å². The lowest BCUT2D eigenvalue weighted by Crippen LogP contribution is -2.51. The average molecular weight is 745 g/mol. The zero-order chi connectivity index (χ0) is 34.6. The number of esters is 1. The van der Waals surface area contributed by atoms with Crippen LogP contribution in [0, 0.1) is 5.92 Å². The number of pyridine rings is 1. The van der Waals surface area contributed by atoms with Crippen molar-refractivity contribution in [3.63, 3.8) is 0 Å². The van der Waals surface area contributed by atoms with Gasteiger partial charge in [0.1, 0.15) is 12.1 Å². The smallest absolute Gasteiger partial charge is 0.387 e. The van der Waals surface area contributed by atoms with Crippen molar-refractivity contribution in [2.75, 3.05) is 38.8 Å². The number of hydrogen-bond donors (Lipinski definition) is 0. The third-order valence-corrected chi connectivity index (χ3v) is 11.4. The summed E-state index contributed by atoms with van der Waals surface area (Å²) in [5.41, 5.74) is 0.938. The van der Waals surface area contributed by atoms with Gasteiger partial charge in [0.25, 0.3) is 5.91 Å². The first kappa shape index (κ1) is 36.1. The number of thioether (sulfide) groups is 1. The minimum atomic E-state index is -4.25. The molecule has 1 aromatic heterocycles. The summed E-state index contributed by atoms with van der Waals surface area (Å²) in [6.07, 6.45) is 3.53. The molecule has 2 aliphatic rings. The van der Waals surface area contributed by atoms with Crippen LogP contribution in [0.15, 0.2) is 59.8 Å². The first-order valence-electron chi connectivity index (χ1n) is 15.0. The Kier molecular flexibility index (Phi) is 11.7. The molecule has 3 aromatic rings. The molecule has 1 saturated heterocycles. The van der Waals surface area contributed by atoms with E-state index in [2.05, 4.69) is 9.72 Å². The highest BCUT2D eigenvalue weighted by Crippen LogP contribution is 2.38. The number of carbonyl (C=O) groups excluding carboxylic acids is 2. The molecule has 1 saturated carbocycles. The maximum Gasteiger partial charge on any atom is 0.387 e. The standard InChI is InChI=1S/C32H33Cl2F2N3O7S2/c1-38(2)30(40)21-4-3-5-22(12-21)48(42,43)39-10-11-47-18-26(39)31(41)45-28(14-23-24(33)15-37-16-25(23)34)20-8-9-27(46-32(35)36)29(13-20)44-17-19-6-7-19/h3-5,8-9,12-13,15-16,19,26,28,32H,6-7,10-11,14,17-18H2,1-2H3/t26?,28-/m0/s1. The Labute approximate surface area is 291 Å². The normalized spacial score (nSPS) is 17.5. The van der Waals surface area contributed by atoms with Crippen molar-refractivity contribution >= 4 is 56.9 Å². The maximum atomic E-state index is 14.0. The van der Waals surface area contributed by atoms with Gasteiger partial charge < -0.3 is 19.1 Å². The fourth-order valence-electron chi connectivity index (χ4n) is 5.03. The van der Waals surface area contributed by atoms with E-state index in [1.807, 2.05) is 0 Å². The lowest BCUT2D eigenvalue weighted by atomic mass is 10.0. The Morgan fingerprint density at radius 2 is 1.81 bits per heavy atom. The second-order valence-corrected chi connectivity index (χ2v) is 15.3. The van der Waals surface area contributed by atoms with Crippen molar-refractivity contribution in [3.8, 4) is 11.5 Å². The van der Waals surface area contributed by atoms with Gasteiger partial charge in [-0.2, -0.15) is 24.8 Å². The van der Waals surface area contributed by atoms with Crippen molar-refractivity contribution in [3.05, 3.63) is 81.6 Å². The Hall–Kier alpha value is -3.17. The Balaban J connectivity index is 1.47. The summed E-state index contributed by atoms with van der Waals surface area (Å²) >= 11 is 14.2. The van der Waals surface area contributed by atoms with Crippen LogP contribution in [-0.2, 0) is 26.0 Å². The molecule has 0 radical (unpaired) electrons. The van der Waals surface area contributed by atoms with Crippen LogP contribution in [0.2, 0.25) is 10.0 Å². The zero-order valence-corrected chi connectivity index (χ0v) is 29.1. The summed E-state index contributed by atoms with van der Waals surface area (Å²) in [7, 11) is -1.14. The second kappa shape index (κ2) is 15.6. The lowest BCUT2D eigenvalue weighted by molar-refractivity contribution is -0.153. The number of carbonyl (C=O) groups is 2. The maximum absolute atomic E-state index is 14.0. The van der Waals surface area contributed by atoms with E-state index in [9.17, 15) is 26.8 Å². The third kappa shape index (κ3) is 8.70. The van der Waals surface area contributed by atoms with E-state index in [-0.39, 0.29) is 56.6 Å². The van der Waals surface area contributed by atoms with E-state index in [0.717, 1.165) is 17.1 Å². The molecule has 0 bridgehead atoms. The lowest BCUT2D eigenvalue weighted by Gasteiger charge is -2.34. The number of halogens is 4. The van der Waals surface area contributed by atoms with Crippen LogP contribution < -0.4 is 9.47 Å². The van der Waals surface area contributed by atoms with Gasteiger partial charge in [-0.25, -0.2) is 8.42 Å². The number of amides is 1. The molecule has 1 amide bonds. The van der Waals surface area contributed by atoms with Crippen molar-refractivity contribution in [2.45, 2.75) is 42.9 Å². The minimum Gasteiger partial charge on any atom is -0.489 e. The molecule has 1 aliphatic heterocycles. The van der Waals surface area contributed by atoms with Gasteiger partial charge in [-0.15, -0.1) is 0 Å². The van der Waals surface area contributed by atoms with Crippen LogP contribution in [0.1, 0.15) is 40.4 Å². The zero-order valence-electron chi connectivity index (χ0n) is 26.0. The quantitative estimate of drug-likeness (QED) is 0.191. The Morgan fingerprint density at radius 3 is 2.48 bits per heavy atom. The van der Waals surface area contributed by atoms with Crippen LogP contribution in [0.3, 0.4) is 0 Å². The first-order chi connectivity index (χ1) is 22.8. The molecule has 1 unspecified atom stereocenters. The summed E-state index contributed by atoms with van der Waals surface area (Å²) in [6.45, 7) is -2.78. The molecular formula is C32H33Cl2F2N3O7S2. The van der Waals surface area contributed by atoms with E-state index in [1.54, 1.807) is 14.1 Å². The third-order valence-electron chi connectivity index (χ3n) is 7.77. The van der Waals surface area contributed by atoms with Crippen LogP contribution in [0.25, 0.3) is 0 Å².